The van der Waals surface area contributed by atoms with Gasteiger partial charge in [-0.2, -0.15) is 0 Å². The highest BCUT2D eigenvalue weighted by atomic mass is 32.2. The van der Waals surface area contributed by atoms with Crippen LogP contribution in [0.1, 0.15) is 5.69 Å². The van der Waals surface area contributed by atoms with Crippen LogP contribution < -0.4 is 5.73 Å². The highest BCUT2D eigenvalue weighted by Crippen LogP contribution is 2.18. The normalized spacial score (nSPS) is 10.5. The molecule has 2 N–H and O–H groups in total. The number of hydrogen-bond donors (Lipinski definition) is 1. The van der Waals surface area contributed by atoms with Crippen LogP contribution in [-0.2, 0) is 12.8 Å². The lowest BCUT2D eigenvalue weighted by atomic mass is 10.3. The molecule has 7 heteroatoms. The number of tetrazole rings is 1. The van der Waals surface area contributed by atoms with Crippen LogP contribution in [-0.4, -0.2) is 25.2 Å². The van der Waals surface area contributed by atoms with Gasteiger partial charge < -0.3 is 5.73 Å². The van der Waals surface area contributed by atoms with E-state index < -0.39 is 0 Å². The number of pyridine rings is 1. The lowest BCUT2D eigenvalue weighted by Crippen LogP contribution is -1.95. The fourth-order valence-corrected chi connectivity index (χ4v) is 1.81. The molecule has 2 rings (SSSR count). The lowest BCUT2D eigenvalue weighted by Gasteiger charge is -2.00. The second-order valence-electron chi connectivity index (χ2n) is 2.95. The van der Waals surface area contributed by atoms with E-state index in [2.05, 4.69) is 20.5 Å². The summed E-state index contributed by atoms with van der Waals surface area (Å²) < 4.78 is 1.62. The van der Waals surface area contributed by atoms with Crippen LogP contribution in [0.4, 0.5) is 5.69 Å². The van der Waals surface area contributed by atoms with Crippen molar-refractivity contribution in [2.24, 2.45) is 7.05 Å². The average molecular weight is 222 g/mol. The summed E-state index contributed by atoms with van der Waals surface area (Å²) in [5.41, 5.74) is 7.28. The van der Waals surface area contributed by atoms with Crippen LogP contribution in [0.25, 0.3) is 0 Å². The third-order valence-corrected chi connectivity index (χ3v) is 2.82. The van der Waals surface area contributed by atoms with Crippen LogP contribution in [0.15, 0.2) is 23.5 Å². The summed E-state index contributed by atoms with van der Waals surface area (Å²) in [6.45, 7) is 0. The Morgan fingerprint density at radius 2 is 2.40 bits per heavy atom. The Bertz CT molecular complexity index is 454. The van der Waals surface area contributed by atoms with Gasteiger partial charge in [0.2, 0.25) is 5.16 Å². The van der Waals surface area contributed by atoms with Crippen molar-refractivity contribution < 1.29 is 0 Å². The second-order valence-corrected chi connectivity index (χ2v) is 3.90. The Morgan fingerprint density at radius 3 is 3.07 bits per heavy atom. The molecule has 0 atom stereocenters. The Kier molecular flexibility index (Phi) is 2.82. The van der Waals surface area contributed by atoms with E-state index in [0.717, 1.165) is 16.5 Å². The third-order valence-electron chi connectivity index (χ3n) is 1.77. The van der Waals surface area contributed by atoms with E-state index in [9.17, 15) is 0 Å². The van der Waals surface area contributed by atoms with Gasteiger partial charge in [0, 0.05) is 24.7 Å². The van der Waals surface area contributed by atoms with Gasteiger partial charge in [-0.25, -0.2) is 4.68 Å². The Labute approximate surface area is 90.9 Å². The molecule has 78 valence electrons. The van der Waals surface area contributed by atoms with Crippen LogP contribution in [0, 0.1) is 0 Å². The molecular formula is C8H10N6S. The standard InChI is InChI=1S/C8H10N6S/c1-14-8(11-12-13-14)15-5-7-4-6(9)2-3-10-7/h2-4H,5H2,1H3,(H2,9,10). The fourth-order valence-electron chi connectivity index (χ4n) is 1.06. The van der Waals surface area contributed by atoms with E-state index in [1.54, 1.807) is 24.0 Å². The second kappa shape index (κ2) is 4.26. The minimum Gasteiger partial charge on any atom is -0.399 e. The van der Waals surface area contributed by atoms with Crippen molar-refractivity contribution in [3.05, 3.63) is 24.0 Å². The van der Waals surface area contributed by atoms with E-state index in [4.69, 9.17) is 5.73 Å². The van der Waals surface area contributed by atoms with E-state index in [1.807, 2.05) is 6.07 Å². The molecule has 15 heavy (non-hydrogen) atoms. The van der Waals surface area contributed by atoms with Crippen molar-refractivity contribution in [1.29, 1.82) is 0 Å². The first-order valence-electron chi connectivity index (χ1n) is 4.31. The molecule has 0 fully saturated rings. The van der Waals surface area contributed by atoms with Gasteiger partial charge in [0.1, 0.15) is 0 Å². The maximum Gasteiger partial charge on any atom is 0.209 e. The SMILES string of the molecule is Cn1nnnc1SCc1cc(N)ccn1. The van der Waals surface area contributed by atoms with E-state index >= 15 is 0 Å². The number of anilines is 1. The molecule has 0 saturated carbocycles. The molecule has 0 unspecified atom stereocenters. The van der Waals surface area contributed by atoms with Crippen molar-refractivity contribution in [3.63, 3.8) is 0 Å². The summed E-state index contributed by atoms with van der Waals surface area (Å²) in [5, 5.41) is 11.9. The molecular weight excluding hydrogens is 212 g/mol. The number of aromatic nitrogens is 5. The number of rotatable bonds is 3. The number of hydrogen-bond acceptors (Lipinski definition) is 6. The zero-order valence-electron chi connectivity index (χ0n) is 8.16. The molecule has 0 spiro atoms. The topological polar surface area (TPSA) is 82.5 Å². The monoisotopic (exact) mass is 222 g/mol. The molecule has 2 aromatic rings. The molecule has 2 aromatic heterocycles. The van der Waals surface area contributed by atoms with Gasteiger partial charge in [-0.1, -0.05) is 11.8 Å². The largest absolute Gasteiger partial charge is 0.399 e. The summed E-state index contributed by atoms with van der Waals surface area (Å²) in [7, 11) is 1.80. The molecule has 0 aliphatic rings. The average Bonchev–Trinajstić information content (AvgIpc) is 2.61. The van der Waals surface area contributed by atoms with Gasteiger partial charge in [0.05, 0.1) is 5.69 Å². The number of thioether (sulfide) groups is 1. The Balaban J connectivity index is 2.02. The summed E-state index contributed by atoms with van der Waals surface area (Å²) in [5.74, 6) is 0.708. The van der Waals surface area contributed by atoms with Gasteiger partial charge >= 0.3 is 0 Å². The molecule has 0 aliphatic carbocycles. The first-order chi connectivity index (χ1) is 7.25. The highest BCUT2D eigenvalue weighted by molar-refractivity contribution is 7.98. The van der Waals surface area contributed by atoms with Crippen LogP contribution >= 0.6 is 11.8 Å². The third kappa shape index (κ3) is 2.44. The Morgan fingerprint density at radius 1 is 1.53 bits per heavy atom. The number of nitrogens with zero attached hydrogens (tertiary/aromatic N) is 5. The van der Waals surface area contributed by atoms with Gasteiger partial charge in [-0.05, 0) is 22.6 Å². The number of nitrogens with two attached hydrogens (primary N) is 1. The molecule has 0 radical (unpaired) electrons. The van der Waals surface area contributed by atoms with Crippen molar-refractivity contribution in [2.75, 3.05) is 5.73 Å². The first kappa shape index (κ1) is 9.91. The predicted octanol–water partition coefficient (Wildman–Crippen LogP) is 0.480. The molecule has 0 aliphatic heterocycles. The van der Waals surface area contributed by atoms with E-state index in [-0.39, 0.29) is 0 Å². The van der Waals surface area contributed by atoms with Gasteiger partial charge in [-0.15, -0.1) is 5.10 Å². The quantitative estimate of drug-likeness (QED) is 0.760. The van der Waals surface area contributed by atoms with Crippen LogP contribution in [0.3, 0.4) is 0 Å². The summed E-state index contributed by atoms with van der Waals surface area (Å²) >= 11 is 1.52. The van der Waals surface area contributed by atoms with Crippen molar-refractivity contribution in [1.82, 2.24) is 25.2 Å². The zero-order chi connectivity index (χ0) is 10.7. The van der Waals surface area contributed by atoms with Gasteiger partial charge in [0.15, 0.2) is 0 Å². The Hall–Kier alpha value is -1.63. The summed E-state index contributed by atoms with van der Waals surface area (Å²) in [6.07, 6.45) is 1.69. The summed E-state index contributed by atoms with van der Waals surface area (Å²) in [6, 6.07) is 3.61. The van der Waals surface area contributed by atoms with Gasteiger partial charge in [0.25, 0.3) is 0 Å². The molecule has 0 aromatic carbocycles. The molecule has 0 bridgehead atoms. The molecule has 6 nitrogen and oxygen atoms in total. The van der Waals surface area contributed by atoms with E-state index in [0.29, 0.717) is 5.75 Å². The molecule has 0 amide bonds. The summed E-state index contributed by atoms with van der Waals surface area (Å²) in [4.78, 5) is 4.19. The predicted molar refractivity (Wildman–Crippen MR) is 57.0 cm³/mol. The minimum absolute atomic E-state index is 0.708. The molecule has 2 heterocycles. The first-order valence-corrected chi connectivity index (χ1v) is 5.30. The smallest absolute Gasteiger partial charge is 0.209 e. The fraction of sp³-hybridized carbons (Fsp3) is 0.250. The lowest BCUT2D eigenvalue weighted by molar-refractivity contribution is 0.664. The highest BCUT2D eigenvalue weighted by Gasteiger charge is 2.03. The van der Waals surface area contributed by atoms with Crippen LogP contribution in [0.2, 0.25) is 0 Å². The number of nitrogen functional groups attached to an aromatic ring is 1. The zero-order valence-corrected chi connectivity index (χ0v) is 8.98. The maximum atomic E-state index is 5.64. The molecule has 0 saturated heterocycles. The van der Waals surface area contributed by atoms with Crippen molar-refractivity contribution >= 4 is 17.4 Å². The van der Waals surface area contributed by atoms with Crippen molar-refractivity contribution in [3.8, 4) is 0 Å². The van der Waals surface area contributed by atoms with E-state index in [1.165, 1.54) is 11.8 Å². The van der Waals surface area contributed by atoms with Gasteiger partial charge in [-0.3, -0.25) is 4.98 Å². The van der Waals surface area contributed by atoms with Crippen molar-refractivity contribution in [2.45, 2.75) is 10.9 Å². The number of aryl methyl sites for hydroxylation is 1. The van der Waals surface area contributed by atoms with Crippen LogP contribution in [0.5, 0.6) is 0 Å². The minimum atomic E-state index is 0.708. The maximum absolute atomic E-state index is 5.64.